The van der Waals surface area contributed by atoms with Crippen molar-refractivity contribution >= 4 is 44.5 Å². The Morgan fingerprint density at radius 1 is 0.486 bits per heavy atom. The van der Waals surface area contributed by atoms with Gasteiger partial charge in [0.1, 0.15) is 9.79 Å². The fourth-order valence-corrected chi connectivity index (χ4v) is 5.15. The van der Waals surface area contributed by atoms with Gasteiger partial charge in [0, 0.05) is 11.1 Å². The van der Waals surface area contributed by atoms with Crippen LogP contribution in [-0.2, 0) is 20.2 Å². The smallest absolute Gasteiger partial charge is 1.00 e. The van der Waals surface area contributed by atoms with Crippen LogP contribution in [0.2, 0.25) is 0 Å². The summed E-state index contributed by atoms with van der Waals surface area (Å²) >= 11 is 0. The molecule has 4 rings (SSSR count). The Balaban J connectivity index is 0.00000253. The van der Waals surface area contributed by atoms with E-state index in [1.807, 2.05) is 60.7 Å². The molecule has 0 saturated heterocycles. The Morgan fingerprint density at radius 2 is 0.811 bits per heavy atom. The molecule has 0 atom stereocenters. The maximum atomic E-state index is 12.2. The normalized spacial score (nSPS) is 12.1. The van der Waals surface area contributed by atoms with E-state index in [1.165, 1.54) is 24.3 Å². The van der Waals surface area contributed by atoms with E-state index < -0.39 is 30.0 Å². The van der Waals surface area contributed by atoms with Crippen molar-refractivity contribution in [3.63, 3.8) is 0 Å². The first-order valence-corrected chi connectivity index (χ1v) is 13.7. The monoisotopic (exact) mass is 542 g/mol. The molecule has 0 aliphatic carbocycles. The zero-order valence-corrected chi connectivity index (χ0v) is 23.5. The fourth-order valence-electron chi connectivity index (χ4n) is 3.67. The van der Waals surface area contributed by atoms with Crippen molar-refractivity contribution in [2.45, 2.75) is 9.79 Å². The zero-order valence-electron chi connectivity index (χ0n) is 20.9. The molecule has 0 heterocycles. The van der Waals surface area contributed by atoms with E-state index in [0.717, 1.165) is 11.1 Å². The predicted molar refractivity (Wildman–Crippen MR) is 143 cm³/mol. The third-order valence-corrected chi connectivity index (χ3v) is 7.18. The molecule has 0 radical (unpaired) electrons. The minimum absolute atomic E-state index is 0. The first kappa shape index (κ1) is 28.7. The van der Waals surface area contributed by atoms with Crippen molar-refractivity contribution in [2.75, 3.05) is 0 Å². The van der Waals surface area contributed by atoms with E-state index in [2.05, 4.69) is 0 Å². The SMILES string of the molecule is O=S(=O)(O)c1cc(C=Cc2ccccc2)ccc1-c1ccc(C=Cc2ccccc2)cc1S(=O)(=O)O.[H-].[Na+]. The Kier molecular flexibility index (Phi) is 9.44. The van der Waals surface area contributed by atoms with Crippen LogP contribution in [0.4, 0.5) is 0 Å². The van der Waals surface area contributed by atoms with E-state index in [0.29, 0.717) is 11.1 Å². The first-order valence-electron chi connectivity index (χ1n) is 10.8. The third kappa shape index (κ3) is 7.59. The molecule has 4 aromatic carbocycles. The topological polar surface area (TPSA) is 109 Å². The number of benzene rings is 4. The molecule has 0 bridgehead atoms. The molecule has 0 saturated carbocycles. The van der Waals surface area contributed by atoms with Crippen LogP contribution in [0.1, 0.15) is 23.7 Å². The maximum absolute atomic E-state index is 12.2. The van der Waals surface area contributed by atoms with E-state index in [4.69, 9.17) is 0 Å². The Morgan fingerprint density at radius 3 is 1.14 bits per heavy atom. The average Bonchev–Trinajstić information content (AvgIpc) is 2.86. The van der Waals surface area contributed by atoms with Crippen LogP contribution in [0, 0.1) is 0 Å². The summed E-state index contributed by atoms with van der Waals surface area (Å²) in [4.78, 5) is -0.953. The van der Waals surface area contributed by atoms with Gasteiger partial charge in [-0.05, 0) is 34.4 Å². The number of hydrogen-bond donors (Lipinski definition) is 2. The molecule has 4 aromatic rings. The molecule has 0 aliphatic rings. The van der Waals surface area contributed by atoms with Gasteiger partial charge in [0.2, 0.25) is 0 Å². The molecule has 0 unspecified atom stereocenters. The summed E-state index contributed by atoms with van der Waals surface area (Å²) in [7, 11) is -9.46. The standard InChI is InChI=1S/C28H22O6S2.Na.H/c29-35(30,31)27-19-23(13-11-21-7-3-1-4-8-21)15-17-25(27)26-18-16-24(20-28(26)36(32,33)34)14-12-22-9-5-2-6-10-22;;/h1-20H,(H,29,30,31)(H,32,33,34);;/q;+1;-1. The summed E-state index contributed by atoms with van der Waals surface area (Å²) in [5.74, 6) is 0. The van der Waals surface area contributed by atoms with Gasteiger partial charge in [-0.2, -0.15) is 16.8 Å². The quantitative estimate of drug-likeness (QED) is 0.211. The average molecular weight is 543 g/mol. The summed E-state index contributed by atoms with van der Waals surface area (Å²) in [6, 6.07) is 27.2. The van der Waals surface area contributed by atoms with Crippen molar-refractivity contribution in [3.8, 4) is 11.1 Å². The van der Waals surface area contributed by atoms with Crippen LogP contribution in [0.25, 0.3) is 35.4 Å². The molecule has 0 aromatic heterocycles. The van der Waals surface area contributed by atoms with Gasteiger partial charge in [-0.25, -0.2) is 0 Å². The zero-order chi connectivity index (χ0) is 25.8. The van der Waals surface area contributed by atoms with Crippen molar-refractivity contribution in [1.29, 1.82) is 0 Å². The van der Waals surface area contributed by atoms with Crippen molar-refractivity contribution in [3.05, 3.63) is 119 Å². The van der Waals surface area contributed by atoms with Crippen LogP contribution in [0.15, 0.2) is 107 Å². The summed E-state index contributed by atoms with van der Waals surface area (Å²) < 4.78 is 68.8. The van der Waals surface area contributed by atoms with Crippen LogP contribution in [-0.4, -0.2) is 25.9 Å². The number of rotatable bonds is 7. The van der Waals surface area contributed by atoms with E-state index >= 15 is 0 Å². The van der Waals surface area contributed by atoms with Gasteiger partial charge < -0.3 is 1.43 Å². The summed E-state index contributed by atoms with van der Waals surface area (Å²) in [6.07, 6.45) is 6.91. The van der Waals surface area contributed by atoms with E-state index in [9.17, 15) is 25.9 Å². The van der Waals surface area contributed by atoms with Crippen LogP contribution < -0.4 is 29.6 Å². The molecule has 6 nitrogen and oxygen atoms in total. The maximum Gasteiger partial charge on any atom is 1.00 e. The second-order valence-corrected chi connectivity index (χ2v) is 10.7. The number of hydrogen-bond acceptors (Lipinski definition) is 4. The molecule has 37 heavy (non-hydrogen) atoms. The molecule has 0 amide bonds. The van der Waals surface area contributed by atoms with Crippen molar-refractivity contribution in [2.24, 2.45) is 0 Å². The molecular formula is C28H23NaO6S2. The minimum atomic E-state index is -4.73. The largest absolute Gasteiger partial charge is 1.00 e. The van der Waals surface area contributed by atoms with Gasteiger partial charge in [0.15, 0.2) is 0 Å². The fraction of sp³-hybridized carbons (Fsp3) is 0. The van der Waals surface area contributed by atoms with Gasteiger partial charge in [0.25, 0.3) is 20.2 Å². The second-order valence-electron chi connectivity index (χ2n) is 7.95. The predicted octanol–water partition coefficient (Wildman–Crippen LogP) is 3.30. The van der Waals surface area contributed by atoms with E-state index in [1.54, 1.807) is 36.4 Å². The molecule has 0 aliphatic heterocycles. The second kappa shape index (κ2) is 12.1. The van der Waals surface area contributed by atoms with Crippen molar-refractivity contribution in [1.82, 2.24) is 0 Å². The van der Waals surface area contributed by atoms with Gasteiger partial charge >= 0.3 is 29.6 Å². The summed E-state index contributed by atoms with van der Waals surface area (Å²) in [5, 5.41) is 0. The van der Waals surface area contributed by atoms with Crippen LogP contribution in [0.5, 0.6) is 0 Å². The summed E-state index contributed by atoms with van der Waals surface area (Å²) in [5.41, 5.74) is 2.63. The summed E-state index contributed by atoms with van der Waals surface area (Å²) in [6.45, 7) is 0. The van der Waals surface area contributed by atoms with E-state index in [-0.39, 0.29) is 42.1 Å². The Labute approximate surface area is 240 Å². The molecule has 0 fully saturated rings. The molecule has 0 spiro atoms. The molecular weight excluding hydrogens is 519 g/mol. The minimum Gasteiger partial charge on any atom is -1.00 e. The van der Waals surface area contributed by atoms with Gasteiger partial charge in [-0.15, -0.1) is 0 Å². The first-order chi connectivity index (χ1) is 17.1. The third-order valence-electron chi connectivity index (χ3n) is 5.39. The van der Waals surface area contributed by atoms with Crippen LogP contribution in [0.3, 0.4) is 0 Å². The molecule has 2 N–H and O–H groups in total. The molecule has 9 heteroatoms. The van der Waals surface area contributed by atoms with Crippen LogP contribution >= 0.6 is 0 Å². The van der Waals surface area contributed by atoms with Gasteiger partial charge in [-0.3, -0.25) is 9.11 Å². The van der Waals surface area contributed by atoms with Crippen molar-refractivity contribution < 1.29 is 56.9 Å². The Bertz CT molecular complexity index is 1540. The molecule has 184 valence electrons. The van der Waals surface area contributed by atoms with Gasteiger partial charge in [0.05, 0.1) is 0 Å². The van der Waals surface area contributed by atoms with Gasteiger partial charge in [-0.1, -0.05) is 109 Å². The Hall–Kier alpha value is -2.82.